The molecule has 1 rings (SSSR count). The van der Waals surface area contributed by atoms with Crippen LogP contribution in [0.2, 0.25) is 0 Å². The Labute approximate surface area is 148 Å². The summed E-state index contributed by atoms with van der Waals surface area (Å²) in [6.07, 6.45) is 0.0683. The van der Waals surface area contributed by atoms with E-state index in [1.165, 1.54) is 6.07 Å². The van der Waals surface area contributed by atoms with Gasteiger partial charge in [0.2, 0.25) is 0 Å². The third kappa shape index (κ3) is 8.23. The molecular formula is C17H27N3O5. The number of nitro benzene ring substituents is 1. The van der Waals surface area contributed by atoms with Gasteiger partial charge in [-0.15, -0.1) is 0 Å². The van der Waals surface area contributed by atoms with Crippen LogP contribution in [-0.4, -0.2) is 35.8 Å². The first-order valence-electron chi connectivity index (χ1n) is 8.24. The van der Waals surface area contributed by atoms with Crippen molar-refractivity contribution in [2.75, 3.05) is 18.4 Å². The first kappa shape index (κ1) is 20.5. The second-order valence-corrected chi connectivity index (χ2v) is 6.82. The van der Waals surface area contributed by atoms with Crippen LogP contribution in [0.5, 0.6) is 5.75 Å². The van der Waals surface area contributed by atoms with Crippen molar-refractivity contribution in [1.29, 1.82) is 0 Å². The molecule has 0 aliphatic heterocycles. The minimum absolute atomic E-state index is 0.0640. The van der Waals surface area contributed by atoms with Crippen LogP contribution in [0.3, 0.4) is 0 Å². The van der Waals surface area contributed by atoms with Crippen molar-refractivity contribution in [2.24, 2.45) is 0 Å². The van der Waals surface area contributed by atoms with Crippen molar-refractivity contribution >= 4 is 17.5 Å². The number of hydrogen-bond donors (Lipinski definition) is 2. The highest BCUT2D eigenvalue weighted by Crippen LogP contribution is 2.30. The largest absolute Gasteiger partial charge is 0.484 e. The van der Waals surface area contributed by atoms with Crippen molar-refractivity contribution in [3.63, 3.8) is 0 Å². The third-order valence-corrected chi connectivity index (χ3v) is 2.87. The Morgan fingerprint density at radius 2 is 1.96 bits per heavy atom. The summed E-state index contributed by atoms with van der Waals surface area (Å²) in [7, 11) is 0. The zero-order valence-electron chi connectivity index (χ0n) is 15.4. The van der Waals surface area contributed by atoms with Gasteiger partial charge in [-0.2, -0.15) is 0 Å². The highest BCUT2D eigenvalue weighted by Gasteiger charge is 2.17. The highest BCUT2D eigenvalue weighted by atomic mass is 16.6. The Balaban J connectivity index is 2.47. The number of nitrogens with one attached hydrogen (secondary N) is 2. The van der Waals surface area contributed by atoms with Crippen LogP contribution < -0.4 is 15.4 Å². The van der Waals surface area contributed by atoms with Gasteiger partial charge in [0.1, 0.15) is 5.60 Å². The second-order valence-electron chi connectivity index (χ2n) is 6.82. The molecule has 0 aliphatic rings. The molecule has 0 unspecified atom stereocenters. The third-order valence-electron chi connectivity index (χ3n) is 2.87. The van der Waals surface area contributed by atoms with Gasteiger partial charge in [-0.25, -0.2) is 4.79 Å². The van der Waals surface area contributed by atoms with Crippen LogP contribution in [-0.2, 0) is 4.74 Å². The molecular weight excluding hydrogens is 326 g/mol. The summed E-state index contributed by atoms with van der Waals surface area (Å²) in [4.78, 5) is 22.1. The topological polar surface area (TPSA) is 103 Å². The van der Waals surface area contributed by atoms with Crippen molar-refractivity contribution < 1.29 is 19.2 Å². The minimum Gasteiger partial charge on any atom is -0.484 e. The number of hydrogen-bond acceptors (Lipinski definition) is 6. The molecule has 0 spiro atoms. The van der Waals surface area contributed by atoms with E-state index in [4.69, 9.17) is 9.47 Å². The molecule has 0 saturated carbocycles. The summed E-state index contributed by atoms with van der Waals surface area (Å²) in [5.74, 6) is 0.233. The van der Waals surface area contributed by atoms with E-state index in [-0.39, 0.29) is 17.5 Å². The normalized spacial score (nSPS) is 11.1. The summed E-state index contributed by atoms with van der Waals surface area (Å²) in [6, 6.07) is 4.66. The molecule has 2 N–H and O–H groups in total. The maximum absolute atomic E-state index is 11.5. The Hall–Kier alpha value is -2.51. The monoisotopic (exact) mass is 353 g/mol. The quantitative estimate of drug-likeness (QED) is 0.419. The fourth-order valence-electron chi connectivity index (χ4n) is 1.95. The van der Waals surface area contributed by atoms with Gasteiger partial charge in [0.05, 0.1) is 11.0 Å². The van der Waals surface area contributed by atoms with Crippen LogP contribution in [0.1, 0.15) is 41.0 Å². The lowest BCUT2D eigenvalue weighted by Gasteiger charge is -2.19. The van der Waals surface area contributed by atoms with Gasteiger partial charge in [-0.1, -0.05) is 0 Å². The van der Waals surface area contributed by atoms with Gasteiger partial charge < -0.3 is 20.1 Å². The molecule has 0 aliphatic carbocycles. The number of alkyl carbamates (subject to hydrolysis) is 1. The van der Waals surface area contributed by atoms with Crippen molar-refractivity contribution in [3.05, 3.63) is 28.3 Å². The Morgan fingerprint density at radius 3 is 2.52 bits per heavy atom. The van der Waals surface area contributed by atoms with Crippen LogP contribution in [0.15, 0.2) is 18.2 Å². The molecule has 0 radical (unpaired) electrons. The fraction of sp³-hybridized carbons (Fsp3) is 0.588. The lowest BCUT2D eigenvalue weighted by Crippen LogP contribution is -2.33. The number of anilines is 1. The maximum atomic E-state index is 11.5. The number of carbonyl (C=O) groups excluding carboxylic acids is 1. The lowest BCUT2D eigenvalue weighted by atomic mass is 10.2. The van der Waals surface area contributed by atoms with Gasteiger partial charge in [0.25, 0.3) is 0 Å². The summed E-state index contributed by atoms with van der Waals surface area (Å²) >= 11 is 0. The van der Waals surface area contributed by atoms with Crippen LogP contribution in [0, 0.1) is 10.1 Å². The number of benzene rings is 1. The molecule has 0 atom stereocenters. The molecule has 140 valence electrons. The number of nitro groups is 1. The number of amides is 1. The highest BCUT2D eigenvalue weighted by molar-refractivity contribution is 5.67. The van der Waals surface area contributed by atoms with E-state index < -0.39 is 16.6 Å². The fourth-order valence-corrected chi connectivity index (χ4v) is 1.95. The number of nitrogens with zero attached hydrogens (tertiary/aromatic N) is 1. The van der Waals surface area contributed by atoms with Gasteiger partial charge >= 0.3 is 11.8 Å². The van der Waals surface area contributed by atoms with Crippen molar-refractivity contribution in [3.8, 4) is 5.75 Å². The first-order chi connectivity index (χ1) is 11.6. The van der Waals surface area contributed by atoms with Crippen molar-refractivity contribution in [2.45, 2.75) is 52.7 Å². The average Bonchev–Trinajstić information content (AvgIpc) is 2.44. The predicted molar refractivity (Wildman–Crippen MR) is 96.2 cm³/mol. The average molecular weight is 353 g/mol. The summed E-state index contributed by atoms with van der Waals surface area (Å²) < 4.78 is 10.6. The molecule has 8 heteroatoms. The molecule has 0 fully saturated rings. The van der Waals surface area contributed by atoms with Crippen LogP contribution in [0.25, 0.3) is 0 Å². The Morgan fingerprint density at radius 1 is 1.28 bits per heavy atom. The standard InChI is InChI=1S/C17H27N3O5/c1-12(2)24-15-11-13(7-8-14(15)20(22)23)18-9-6-10-19-16(21)25-17(3,4)5/h7-8,11-12,18H,6,9-10H2,1-5H3,(H,19,21). The minimum atomic E-state index is -0.520. The van der Waals surface area contributed by atoms with E-state index in [0.717, 1.165) is 5.69 Å². The van der Waals surface area contributed by atoms with E-state index in [1.807, 2.05) is 13.8 Å². The van der Waals surface area contributed by atoms with Gasteiger partial charge in [0, 0.05) is 30.9 Å². The number of rotatable bonds is 8. The molecule has 0 saturated heterocycles. The summed E-state index contributed by atoms with van der Waals surface area (Å²) in [5.41, 5.74) is 0.137. The van der Waals surface area contributed by atoms with E-state index in [1.54, 1.807) is 32.9 Å². The molecule has 0 heterocycles. The summed E-state index contributed by atoms with van der Waals surface area (Å²) in [5, 5.41) is 16.9. The number of carbonyl (C=O) groups is 1. The van der Waals surface area contributed by atoms with Gasteiger partial charge in [-0.05, 0) is 47.1 Å². The van der Waals surface area contributed by atoms with Crippen LogP contribution in [0.4, 0.5) is 16.2 Å². The van der Waals surface area contributed by atoms with E-state index in [2.05, 4.69) is 10.6 Å². The maximum Gasteiger partial charge on any atom is 0.407 e. The molecule has 1 amide bonds. The van der Waals surface area contributed by atoms with Crippen molar-refractivity contribution in [1.82, 2.24) is 5.32 Å². The van der Waals surface area contributed by atoms with Gasteiger partial charge in [0.15, 0.2) is 5.75 Å². The predicted octanol–water partition coefficient (Wildman–Crippen LogP) is 3.71. The molecule has 8 nitrogen and oxygen atoms in total. The zero-order valence-corrected chi connectivity index (χ0v) is 15.4. The van der Waals surface area contributed by atoms with E-state index in [9.17, 15) is 14.9 Å². The molecule has 1 aromatic carbocycles. The van der Waals surface area contributed by atoms with E-state index in [0.29, 0.717) is 19.5 Å². The SMILES string of the molecule is CC(C)Oc1cc(NCCCNC(=O)OC(C)(C)C)ccc1[N+](=O)[O-]. The Kier molecular flexibility index (Phi) is 7.47. The molecule has 0 aromatic heterocycles. The molecule has 0 bridgehead atoms. The smallest absolute Gasteiger partial charge is 0.407 e. The van der Waals surface area contributed by atoms with Gasteiger partial charge in [-0.3, -0.25) is 10.1 Å². The lowest BCUT2D eigenvalue weighted by molar-refractivity contribution is -0.386. The summed E-state index contributed by atoms with van der Waals surface area (Å²) in [6.45, 7) is 10.1. The first-order valence-corrected chi connectivity index (χ1v) is 8.24. The molecule has 25 heavy (non-hydrogen) atoms. The van der Waals surface area contributed by atoms with E-state index >= 15 is 0 Å². The Bertz CT molecular complexity index is 596. The molecule has 1 aromatic rings. The zero-order chi connectivity index (χ0) is 19.0. The second kappa shape index (κ2) is 9.10. The van der Waals surface area contributed by atoms with Crippen LogP contribution >= 0.6 is 0 Å². The number of ether oxygens (including phenoxy) is 2.